The molecule has 1 atom stereocenters. The van der Waals surface area contributed by atoms with Crippen LogP contribution in [0.4, 0.5) is 0 Å². The molecule has 1 aromatic carbocycles. The van der Waals surface area contributed by atoms with Crippen LogP contribution in [-0.4, -0.2) is 4.57 Å². The zero-order valence-electron chi connectivity index (χ0n) is 12.6. The average molecular weight is 340 g/mol. The Hall–Kier alpha value is -1.03. The van der Waals surface area contributed by atoms with Crippen LogP contribution in [0.1, 0.15) is 50.9 Å². The van der Waals surface area contributed by atoms with E-state index in [-0.39, 0.29) is 16.0 Å². The van der Waals surface area contributed by atoms with E-state index in [1.807, 2.05) is 12.1 Å². The zero-order valence-corrected chi connectivity index (χ0v) is 14.2. The minimum absolute atomic E-state index is 0.248. The molecular weight excluding hydrogens is 318 g/mol. The third-order valence-corrected chi connectivity index (χ3v) is 4.15. The lowest BCUT2D eigenvalue weighted by atomic mass is 9.88. The van der Waals surface area contributed by atoms with E-state index >= 15 is 0 Å². The minimum atomic E-state index is -0.263. The highest BCUT2D eigenvalue weighted by Crippen LogP contribution is 2.36. The van der Waals surface area contributed by atoms with Gasteiger partial charge in [-0.3, -0.25) is 4.57 Å². The van der Waals surface area contributed by atoms with Gasteiger partial charge in [0.25, 0.3) is 0 Å². The topological polar surface area (TPSA) is 35.1 Å². The van der Waals surface area contributed by atoms with Gasteiger partial charge in [-0.1, -0.05) is 49.7 Å². The van der Waals surface area contributed by atoms with Crippen LogP contribution in [0.25, 0.3) is 11.1 Å². The van der Waals surface area contributed by atoms with E-state index in [1.54, 1.807) is 4.57 Å². The van der Waals surface area contributed by atoms with Gasteiger partial charge in [0.1, 0.15) is 0 Å². The molecule has 4 heteroatoms. The van der Waals surface area contributed by atoms with Crippen molar-refractivity contribution in [1.82, 2.24) is 4.57 Å². The van der Waals surface area contributed by atoms with Gasteiger partial charge in [0, 0.05) is 11.4 Å². The van der Waals surface area contributed by atoms with Crippen molar-refractivity contribution in [2.45, 2.75) is 51.9 Å². The predicted molar refractivity (Wildman–Crippen MR) is 86.5 cm³/mol. The smallest absolute Gasteiger partial charge is 0.408 e. The predicted octanol–water partition coefficient (Wildman–Crippen LogP) is 4.88. The van der Waals surface area contributed by atoms with Crippen molar-refractivity contribution in [2.75, 3.05) is 0 Å². The van der Waals surface area contributed by atoms with Crippen LogP contribution in [0, 0.1) is 5.41 Å². The number of hydrogen-bond acceptors (Lipinski definition) is 2. The molecule has 110 valence electrons. The lowest BCUT2D eigenvalue weighted by Gasteiger charge is -2.22. The summed E-state index contributed by atoms with van der Waals surface area (Å²) >= 11 is 3.74. The fourth-order valence-electron chi connectivity index (χ4n) is 2.37. The number of halogens is 1. The Labute approximate surface area is 128 Å². The van der Waals surface area contributed by atoms with E-state index in [4.69, 9.17) is 4.42 Å². The number of hydrogen-bond donors (Lipinski definition) is 0. The van der Waals surface area contributed by atoms with Crippen LogP contribution in [0.3, 0.4) is 0 Å². The summed E-state index contributed by atoms with van der Waals surface area (Å²) in [6.45, 7) is 9.41. The van der Waals surface area contributed by atoms with Gasteiger partial charge in [-0.2, -0.15) is 0 Å². The van der Waals surface area contributed by atoms with Crippen molar-refractivity contribution in [2.24, 2.45) is 5.41 Å². The molecule has 2 rings (SSSR count). The molecule has 0 saturated heterocycles. The van der Waals surface area contributed by atoms with Gasteiger partial charge < -0.3 is 4.42 Å². The van der Waals surface area contributed by atoms with Crippen LogP contribution >= 0.6 is 15.9 Å². The molecule has 20 heavy (non-hydrogen) atoms. The van der Waals surface area contributed by atoms with Gasteiger partial charge in [-0.25, -0.2) is 4.79 Å². The van der Waals surface area contributed by atoms with Crippen LogP contribution in [0.5, 0.6) is 0 Å². The van der Waals surface area contributed by atoms with Gasteiger partial charge >= 0.3 is 5.76 Å². The summed E-state index contributed by atoms with van der Waals surface area (Å²) in [7, 11) is 0. The maximum atomic E-state index is 11.8. The van der Waals surface area contributed by atoms with Crippen molar-refractivity contribution in [3.63, 3.8) is 0 Å². The molecule has 0 aliphatic rings. The Bertz CT molecular complexity index is 649. The van der Waals surface area contributed by atoms with Gasteiger partial charge in [0.05, 0.1) is 5.52 Å². The molecule has 1 unspecified atom stereocenters. The van der Waals surface area contributed by atoms with Gasteiger partial charge in [-0.05, 0) is 36.0 Å². The maximum absolute atomic E-state index is 11.8. The molecule has 0 amide bonds. The number of nitrogens with zero attached hydrogens (tertiary/aromatic N) is 1. The second kappa shape index (κ2) is 5.76. The Balaban J connectivity index is 2.37. The number of alkyl halides is 1. The fraction of sp³-hybridized carbons (Fsp3) is 0.562. The van der Waals surface area contributed by atoms with E-state index in [0.29, 0.717) is 12.1 Å². The summed E-state index contributed by atoms with van der Waals surface area (Å²) < 4.78 is 7.06. The van der Waals surface area contributed by atoms with Crippen LogP contribution in [0.15, 0.2) is 27.4 Å². The molecule has 0 radical (unpaired) electrons. The standard InChI is InChI=1S/C16H22BrNO2/c1-5-8-18-13-7-6-11(9-14(13)20-15(18)19)12(17)10-16(2,3)4/h6-7,9,12H,5,8,10H2,1-4H3. The summed E-state index contributed by atoms with van der Waals surface area (Å²) in [6.07, 6.45) is 1.94. The molecule has 0 aliphatic carbocycles. The Morgan fingerprint density at radius 3 is 2.65 bits per heavy atom. The molecule has 0 N–H and O–H groups in total. The van der Waals surface area contributed by atoms with E-state index in [0.717, 1.165) is 23.9 Å². The molecule has 1 heterocycles. The summed E-state index contributed by atoms with van der Waals surface area (Å²) in [5.41, 5.74) is 2.97. The highest BCUT2D eigenvalue weighted by molar-refractivity contribution is 9.09. The Morgan fingerprint density at radius 2 is 2.05 bits per heavy atom. The van der Waals surface area contributed by atoms with Crippen molar-refractivity contribution in [3.8, 4) is 0 Å². The molecule has 2 aromatic rings. The number of oxazole rings is 1. The number of aryl methyl sites for hydroxylation is 1. The number of benzene rings is 1. The third kappa shape index (κ3) is 3.35. The number of fused-ring (bicyclic) bond motifs is 1. The van der Waals surface area contributed by atoms with E-state index in [1.165, 1.54) is 0 Å². The lowest BCUT2D eigenvalue weighted by Crippen LogP contribution is -2.13. The molecule has 0 saturated carbocycles. The third-order valence-electron chi connectivity index (χ3n) is 3.29. The molecule has 1 aromatic heterocycles. The first-order valence-electron chi connectivity index (χ1n) is 7.09. The molecule has 0 fully saturated rings. The van der Waals surface area contributed by atoms with Crippen molar-refractivity contribution in [1.29, 1.82) is 0 Å². The summed E-state index contributed by atoms with van der Waals surface area (Å²) in [4.78, 5) is 12.1. The Morgan fingerprint density at radius 1 is 1.35 bits per heavy atom. The normalized spacial score (nSPS) is 13.8. The SMILES string of the molecule is CCCn1c(=O)oc2cc(C(Br)CC(C)(C)C)ccc21. The Kier molecular flexibility index (Phi) is 4.43. The molecular formula is C16H22BrNO2. The highest BCUT2D eigenvalue weighted by atomic mass is 79.9. The first kappa shape index (κ1) is 15.4. The van der Waals surface area contributed by atoms with Crippen molar-refractivity contribution >= 4 is 27.0 Å². The van der Waals surface area contributed by atoms with Crippen molar-refractivity contribution < 1.29 is 4.42 Å². The molecule has 0 spiro atoms. The maximum Gasteiger partial charge on any atom is 0.419 e. The second-order valence-electron chi connectivity index (χ2n) is 6.48. The molecule has 3 nitrogen and oxygen atoms in total. The van der Waals surface area contributed by atoms with Gasteiger partial charge in [0.15, 0.2) is 5.58 Å². The second-order valence-corrected chi connectivity index (χ2v) is 7.58. The average Bonchev–Trinajstić information content (AvgIpc) is 2.63. The van der Waals surface area contributed by atoms with E-state index < -0.39 is 0 Å². The largest absolute Gasteiger partial charge is 0.419 e. The first-order chi connectivity index (χ1) is 9.31. The minimum Gasteiger partial charge on any atom is -0.408 e. The summed E-state index contributed by atoms with van der Waals surface area (Å²) in [6, 6.07) is 6.05. The zero-order chi connectivity index (χ0) is 14.9. The highest BCUT2D eigenvalue weighted by Gasteiger charge is 2.19. The van der Waals surface area contributed by atoms with E-state index in [2.05, 4.69) is 49.7 Å². The van der Waals surface area contributed by atoms with E-state index in [9.17, 15) is 4.79 Å². The van der Waals surface area contributed by atoms with Gasteiger partial charge in [0.2, 0.25) is 0 Å². The summed E-state index contributed by atoms with van der Waals surface area (Å²) in [5, 5.41) is 0. The monoisotopic (exact) mass is 339 g/mol. The summed E-state index contributed by atoms with van der Waals surface area (Å²) in [5.74, 6) is -0.263. The molecule has 0 bridgehead atoms. The van der Waals surface area contributed by atoms with Gasteiger partial charge in [-0.15, -0.1) is 0 Å². The molecule has 0 aliphatic heterocycles. The lowest BCUT2D eigenvalue weighted by molar-refractivity contribution is 0.377. The van der Waals surface area contributed by atoms with Crippen molar-refractivity contribution in [3.05, 3.63) is 34.3 Å². The quantitative estimate of drug-likeness (QED) is 0.744. The van der Waals surface area contributed by atoms with Crippen LogP contribution in [-0.2, 0) is 6.54 Å². The number of aromatic nitrogens is 1. The van der Waals surface area contributed by atoms with Crippen LogP contribution in [0.2, 0.25) is 0 Å². The first-order valence-corrected chi connectivity index (χ1v) is 8.01. The van der Waals surface area contributed by atoms with Crippen LogP contribution < -0.4 is 5.76 Å². The number of rotatable bonds is 4. The fourth-order valence-corrected chi connectivity index (χ4v) is 3.62.